The van der Waals surface area contributed by atoms with Gasteiger partial charge in [-0.3, -0.25) is 0 Å². The molecule has 5 heteroatoms. The van der Waals surface area contributed by atoms with Crippen LogP contribution in [0.1, 0.15) is 44.7 Å². The first kappa shape index (κ1) is 18.1. The van der Waals surface area contributed by atoms with Gasteiger partial charge >= 0.3 is 0 Å². The van der Waals surface area contributed by atoms with Gasteiger partial charge < -0.3 is 5.32 Å². The average Bonchev–Trinajstić information content (AvgIpc) is 2.42. The van der Waals surface area contributed by atoms with Crippen molar-refractivity contribution in [3.05, 3.63) is 29.3 Å². The highest BCUT2D eigenvalue weighted by Crippen LogP contribution is 2.21. The standard InChI is InChI=1S/C16H28N2O2S/c1-6-14(7-2)13(4)18-21(19,20)16-10-8-9-15(11-17-5)12(16)3/h8-10,13-14,17-18H,6-7,11H2,1-5H3. The maximum absolute atomic E-state index is 12.6. The van der Waals surface area contributed by atoms with E-state index in [0.29, 0.717) is 17.4 Å². The summed E-state index contributed by atoms with van der Waals surface area (Å²) in [5, 5.41) is 3.07. The third-order valence-corrected chi connectivity index (χ3v) is 5.85. The van der Waals surface area contributed by atoms with Gasteiger partial charge in [-0.2, -0.15) is 0 Å². The van der Waals surface area contributed by atoms with E-state index in [1.54, 1.807) is 12.1 Å². The SMILES string of the molecule is CCC(CC)C(C)NS(=O)(=O)c1cccc(CNC)c1C. The second kappa shape index (κ2) is 7.92. The Morgan fingerprint density at radius 3 is 2.33 bits per heavy atom. The van der Waals surface area contributed by atoms with Crippen LogP contribution >= 0.6 is 0 Å². The lowest BCUT2D eigenvalue weighted by Gasteiger charge is -2.23. The Labute approximate surface area is 129 Å². The molecule has 120 valence electrons. The highest BCUT2D eigenvalue weighted by atomic mass is 32.2. The summed E-state index contributed by atoms with van der Waals surface area (Å²) in [5.74, 6) is 0.362. The van der Waals surface area contributed by atoms with Gasteiger partial charge in [-0.05, 0) is 44.0 Å². The second-order valence-electron chi connectivity index (χ2n) is 5.56. The normalized spacial score (nSPS) is 13.6. The molecular formula is C16H28N2O2S. The van der Waals surface area contributed by atoms with Crippen LogP contribution < -0.4 is 10.0 Å². The molecular weight excluding hydrogens is 284 g/mol. The molecule has 4 nitrogen and oxygen atoms in total. The highest BCUT2D eigenvalue weighted by molar-refractivity contribution is 7.89. The molecule has 0 fully saturated rings. The predicted molar refractivity (Wildman–Crippen MR) is 87.8 cm³/mol. The summed E-state index contributed by atoms with van der Waals surface area (Å²) in [5.41, 5.74) is 1.83. The zero-order valence-corrected chi connectivity index (χ0v) is 14.5. The van der Waals surface area contributed by atoms with Gasteiger partial charge in [0.15, 0.2) is 0 Å². The van der Waals surface area contributed by atoms with Crippen LogP contribution in [0.5, 0.6) is 0 Å². The monoisotopic (exact) mass is 312 g/mol. The van der Waals surface area contributed by atoms with Crippen molar-refractivity contribution in [1.29, 1.82) is 0 Å². The van der Waals surface area contributed by atoms with Gasteiger partial charge in [0.2, 0.25) is 10.0 Å². The third kappa shape index (κ3) is 4.53. The molecule has 21 heavy (non-hydrogen) atoms. The second-order valence-corrected chi connectivity index (χ2v) is 7.24. The summed E-state index contributed by atoms with van der Waals surface area (Å²) in [4.78, 5) is 0.382. The number of sulfonamides is 1. The summed E-state index contributed by atoms with van der Waals surface area (Å²) in [6.45, 7) is 8.66. The van der Waals surface area contributed by atoms with E-state index in [1.165, 1.54) is 0 Å². The fraction of sp³-hybridized carbons (Fsp3) is 0.625. The molecule has 0 heterocycles. The van der Waals surface area contributed by atoms with E-state index < -0.39 is 10.0 Å². The fourth-order valence-electron chi connectivity index (χ4n) is 2.73. The predicted octanol–water partition coefficient (Wildman–Crippen LogP) is 2.82. The number of hydrogen-bond donors (Lipinski definition) is 2. The molecule has 0 bridgehead atoms. The average molecular weight is 312 g/mol. The minimum absolute atomic E-state index is 0.0580. The van der Waals surface area contributed by atoms with Gasteiger partial charge in [-0.15, -0.1) is 0 Å². The molecule has 0 aliphatic heterocycles. The lowest BCUT2D eigenvalue weighted by Crippen LogP contribution is -2.38. The molecule has 1 atom stereocenters. The van der Waals surface area contributed by atoms with Crippen molar-refractivity contribution in [1.82, 2.24) is 10.0 Å². The molecule has 1 aromatic carbocycles. The Balaban J connectivity index is 3.06. The lowest BCUT2D eigenvalue weighted by atomic mass is 9.96. The van der Waals surface area contributed by atoms with Gasteiger partial charge in [0, 0.05) is 12.6 Å². The Kier molecular flexibility index (Phi) is 6.84. The summed E-state index contributed by atoms with van der Waals surface area (Å²) in [6.07, 6.45) is 1.94. The van der Waals surface area contributed by atoms with Gasteiger partial charge in [0.05, 0.1) is 4.90 Å². The van der Waals surface area contributed by atoms with E-state index in [-0.39, 0.29) is 6.04 Å². The molecule has 0 saturated heterocycles. The summed E-state index contributed by atoms with van der Waals surface area (Å²) >= 11 is 0. The van der Waals surface area contributed by atoms with Crippen molar-refractivity contribution in [3.63, 3.8) is 0 Å². The minimum Gasteiger partial charge on any atom is -0.316 e. The van der Waals surface area contributed by atoms with E-state index in [4.69, 9.17) is 0 Å². The Morgan fingerprint density at radius 1 is 1.19 bits per heavy atom. The first-order chi connectivity index (χ1) is 9.87. The summed E-state index contributed by atoms with van der Waals surface area (Å²) in [7, 11) is -1.62. The Morgan fingerprint density at radius 2 is 1.81 bits per heavy atom. The van der Waals surface area contributed by atoms with Crippen molar-refractivity contribution in [3.8, 4) is 0 Å². The Bertz CT molecular complexity index is 551. The topological polar surface area (TPSA) is 58.2 Å². The van der Waals surface area contributed by atoms with Crippen LogP contribution in [-0.2, 0) is 16.6 Å². The first-order valence-corrected chi connectivity index (χ1v) is 9.11. The fourth-order valence-corrected chi connectivity index (χ4v) is 4.33. The largest absolute Gasteiger partial charge is 0.316 e. The zero-order valence-electron chi connectivity index (χ0n) is 13.7. The number of nitrogens with one attached hydrogen (secondary N) is 2. The van der Waals surface area contributed by atoms with Crippen LogP contribution in [0.2, 0.25) is 0 Å². The van der Waals surface area contributed by atoms with Gasteiger partial charge in [-0.1, -0.05) is 38.8 Å². The molecule has 0 aromatic heterocycles. The molecule has 0 amide bonds. The van der Waals surface area contributed by atoms with E-state index in [2.05, 4.69) is 23.9 Å². The molecule has 0 radical (unpaired) electrons. The maximum atomic E-state index is 12.6. The number of hydrogen-bond acceptors (Lipinski definition) is 3. The zero-order chi connectivity index (χ0) is 16.0. The minimum atomic E-state index is -3.47. The number of benzene rings is 1. The quantitative estimate of drug-likeness (QED) is 0.776. The van der Waals surface area contributed by atoms with Gasteiger partial charge in [0.1, 0.15) is 0 Å². The van der Waals surface area contributed by atoms with Crippen molar-refractivity contribution in [2.45, 2.75) is 58.0 Å². The first-order valence-electron chi connectivity index (χ1n) is 7.62. The third-order valence-electron chi connectivity index (χ3n) is 4.15. The molecule has 1 rings (SSSR count). The van der Waals surface area contributed by atoms with E-state index >= 15 is 0 Å². The molecule has 1 unspecified atom stereocenters. The van der Waals surface area contributed by atoms with Gasteiger partial charge in [-0.25, -0.2) is 13.1 Å². The van der Waals surface area contributed by atoms with Crippen LogP contribution in [0.3, 0.4) is 0 Å². The van der Waals surface area contributed by atoms with Crippen molar-refractivity contribution in [2.24, 2.45) is 5.92 Å². The summed E-state index contributed by atoms with van der Waals surface area (Å²) in [6, 6.07) is 5.37. The van der Waals surface area contributed by atoms with Crippen LogP contribution in [0.4, 0.5) is 0 Å². The van der Waals surface area contributed by atoms with E-state index in [0.717, 1.165) is 24.0 Å². The van der Waals surface area contributed by atoms with E-state index in [9.17, 15) is 8.42 Å². The van der Waals surface area contributed by atoms with Crippen molar-refractivity contribution < 1.29 is 8.42 Å². The van der Waals surface area contributed by atoms with Crippen LogP contribution in [0.25, 0.3) is 0 Å². The molecule has 0 aliphatic carbocycles. The smallest absolute Gasteiger partial charge is 0.241 e. The molecule has 0 saturated carbocycles. The number of rotatable bonds is 8. The van der Waals surface area contributed by atoms with E-state index in [1.807, 2.05) is 27.0 Å². The molecule has 1 aromatic rings. The lowest BCUT2D eigenvalue weighted by molar-refractivity contribution is 0.390. The maximum Gasteiger partial charge on any atom is 0.241 e. The highest BCUT2D eigenvalue weighted by Gasteiger charge is 2.23. The molecule has 0 spiro atoms. The van der Waals surface area contributed by atoms with Crippen molar-refractivity contribution in [2.75, 3.05) is 7.05 Å². The van der Waals surface area contributed by atoms with Gasteiger partial charge in [0.25, 0.3) is 0 Å². The molecule has 2 N–H and O–H groups in total. The van der Waals surface area contributed by atoms with Crippen molar-refractivity contribution >= 4 is 10.0 Å². The van der Waals surface area contributed by atoms with Crippen LogP contribution in [-0.4, -0.2) is 21.5 Å². The Hall–Kier alpha value is -0.910. The van der Waals surface area contributed by atoms with Crippen LogP contribution in [0, 0.1) is 12.8 Å². The molecule has 0 aliphatic rings. The summed E-state index contributed by atoms with van der Waals surface area (Å²) < 4.78 is 28.1. The van der Waals surface area contributed by atoms with Crippen LogP contribution in [0.15, 0.2) is 23.1 Å².